The van der Waals surface area contributed by atoms with Gasteiger partial charge in [-0.1, -0.05) is 19.1 Å². The van der Waals surface area contributed by atoms with Crippen LogP contribution in [0.2, 0.25) is 0 Å². The molecular formula is C20H26N2O3. The van der Waals surface area contributed by atoms with Gasteiger partial charge in [0.1, 0.15) is 0 Å². The minimum Gasteiger partial charge on any atom is -0.385 e. The van der Waals surface area contributed by atoms with E-state index in [-0.39, 0.29) is 11.8 Å². The standard InChI is InChI=1S/C20H26N2O3/c1-13-11-15(13)19(23)21-8-5-14-12-22-17-4-2-3-16(18(14)17)20(24)6-9-25-10-7-20/h2-4,12-13,15,22,24H,5-11H2,1H3,(H,21,23)/t13-,15+/m0/s1. The first kappa shape index (κ1) is 16.6. The number of rotatable bonds is 5. The minimum atomic E-state index is -0.832. The molecule has 3 N–H and O–H groups in total. The van der Waals surface area contributed by atoms with Crippen molar-refractivity contribution in [1.82, 2.24) is 10.3 Å². The molecule has 1 amide bonds. The number of H-pyrrole nitrogens is 1. The number of hydrogen-bond donors (Lipinski definition) is 3. The molecule has 1 aliphatic carbocycles. The number of carbonyl (C=O) groups is 1. The van der Waals surface area contributed by atoms with Crippen LogP contribution in [0.5, 0.6) is 0 Å². The number of aromatic nitrogens is 1. The number of carbonyl (C=O) groups excluding carboxylic acids is 1. The highest BCUT2D eigenvalue weighted by atomic mass is 16.5. The first-order chi connectivity index (χ1) is 12.1. The van der Waals surface area contributed by atoms with Gasteiger partial charge in [-0.15, -0.1) is 0 Å². The summed E-state index contributed by atoms with van der Waals surface area (Å²) in [6.45, 7) is 3.92. The molecular weight excluding hydrogens is 316 g/mol. The summed E-state index contributed by atoms with van der Waals surface area (Å²) in [5.74, 6) is 0.916. The average Bonchev–Trinajstić information content (AvgIpc) is 3.21. The first-order valence-electron chi connectivity index (χ1n) is 9.26. The highest BCUT2D eigenvalue weighted by Gasteiger charge is 2.38. The molecule has 2 fully saturated rings. The second-order valence-corrected chi connectivity index (χ2v) is 7.55. The van der Waals surface area contributed by atoms with E-state index in [0.29, 0.717) is 38.5 Å². The van der Waals surface area contributed by atoms with E-state index in [9.17, 15) is 9.90 Å². The number of fused-ring (bicyclic) bond motifs is 1. The van der Waals surface area contributed by atoms with Gasteiger partial charge in [-0.05, 0) is 36.0 Å². The highest BCUT2D eigenvalue weighted by Crippen LogP contribution is 2.38. The number of amides is 1. The summed E-state index contributed by atoms with van der Waals surface area (Å²) in [5.41, 5.74) is 2.33. The molecule has 1 aromatic carbocycles. The van der Waals surface area contributed by atoms with Crippen LogP contribution in [0.25, 0.3) is 10.9 Å². The maximum atomic E-state index is 12.0. The fraction of sp³-hybridized carbons (Fsp3) is 0.550. The lowest BCUT2D eigenvalue weighted by Crippen LogP contribution is -2.33. The van der Waals surface area contributed by atoms with E-state index >= 15 is 0 Å². The number of aliphatic hydroxyl groups is 1. The smallest absolute Gasteiger partial charge is 0.223 e. The lowest BCUT2D eigenvalue weighted by Gasteiger charge is -2.33. The van der Waals surface area contributed by atoms with Crippen LogP contribution in [0.4, 0.5) is 0 Å². The zero-order valence-electron chi connectivity index (χ0n) is 14.7. The zero-order chi connectivity index (χ0) is 17.4. The van der Waals surface area contributed by atoms with Gasteiger partial charge in [0.15, 0.2) is 0 Å². The summed E-state index contributed by atoms with van der Waals surface area (Å²) < 4.78 is 5.42. The summed E-state index contributed by atoms with van der Waals surface area (Å²) in [6.07, 6.45) is 5.01. The Bertz CT molecular complexity index is 776. The fourth-order valence-electron chi connectivity index (χ4n) is 3.96. The lowest BCUT2D eigenvalue weighted by atomic mass is 9.83. The second kappa shape index (κ2) is 6.46. The summed E-state index contributed by atoms with van der Waals surface area (Å²) in [6, 6.07) is 6.05. The van der Waals surface area contributed by atoms with Crippen molar-refractivity contribution in [1.29, 1.82) is 0 Å². The second-order valence-electron chi connectivity index (χ2n) is 7.55. The predicted molar refractivity (Wildman–Crippen MR) is 96.2 cm³/mol. The molecule has 2 aliphatic rings. The van der Waals surface area contributed by atoms with Gasteiger partial charge >= 0.3 is 0 Å². The van der Waals surface area contributed by atoms with Gasteiger partial charge in [0.05, 0.1) is 5.60 Å². The Hall–Kier alpha value is -1.85. The molecule has 1 aromatic heterocycles. The van der Waals surface area contributed by atoms with Crippen LogP contribution in [-0.4, -0.2) is 35.8 Å². The van der Waals surface area contributed by atoms with Crippen LogP contribution in [0.1, 0.15) is 37.3 Å². The maximum Gasteiger partial charge on any atom is 0.223 e. The molecule has 5 heteroatoms. The Kier molecular flexibility index (Phi) is 4.29. The number of ether oxygens (including phenoxy) is 1. The molecule has 0 bridgehead atoms. The van der Waals surface area contributed by atoms with E-state index < -0.39 is 5.60 Å². The monoisotopic (exact) mass is 342 g/mol. The Morgan fingerprint density at radius 3 is 2.88 bits per heavy atom. The number of hydrogen-bond acceptors (Lipinski definition) is 3. The Labute approximate surface area is 147 Å². The highest BCUT2D eigenvalue weighted by molar-refractivity contribution is 5.87. The van der Waals surface area contributed by atoms with Gasteiger partial charge in [0.25, 0.3) is 0 Å². The predicted octanol–water partition coefficient (Wildman–Crippen LogP) is 2.48. The Morgan fingerprint density at radius 2 is 2.16 bits per heavy atom. The molecule has 2 heterocycles. The van der Waals surface area contributed by atoms with Crippen molar-refractivity contribution in [3.63, 3.8) is 0 Å². The molecule has 1 saturated carbocycles. The quantitative estimate of drug-likeness (QED) is 0.781. The van der Waals surface area contributed by atoms with Crippen LogP contribution in [0.3, 0.4) is 0 Å². The van der Waals surface area contributed by atoms with Gasteiger partial charge in [-0.25, -0.2) is 0 Å². The Balaban J connectivity index is 1.54. The largest absolute Gasteiger partial charge is 0.385 e. The third-order valence-electron chi connectivity index (χ3n) is 5.75. The maximum absolute atomic E-state index is 12.0. The molecule has 4 rings (SSSR count). The molecule has 1 saturated heterocycles. The van der Waals surface area contributed by atoms with Crippen molar-refractivity contribution in [3.05, 3.63) is 35.5 Å². The van der Waals surface area contributed by atoms with Crippen molar-refractivity contribution in [2.75, 3.05) is 19.8 Å². The molecule has 1 aliphatic heterocycles. The lowest BCUT2D eigenvalue weighted by molar-refractivity contribution is -0.122. The van der Waals surface area contributed by atoms with Crippen LogP contribution in [-0.2, 0) is 21.6 Å². The number of benzene rings is 1. The molecule has 0 radical (unpaired) electrons. The summed E-state index contributed by atoms with van der Waals surface area (Å²) >= 11 is 0. The van der Waals surface area contributed by atoms with E-state index in [0.717, 1.165) is 34.9 Å². The van der Waals surface area contributed by atoms with E-state index in [1.165, 1.54) is 0 Å². The van der Waals surface area contributed by atoms with Crippen LogP contribution in [0, 0.1) is 11.8 Å². The van der Waals surface area contributed by atoms with Crippen LogP contribution in [0.15, 0.2) is 24.4 Å². The van der Waals surface area contributed by atoms with Gasteiger partial charge in [-0.2, -0.15) is 0 Å². The van der Waals surface area contributed by atoms with Gasteiger partial charge < -0.3 is 20.1 Å². The van der Waals surface area contributed by atoms with Crippen LogP contribution < -0.4 is 5.32 Å². The van der Waals surface area contributed by atoms with Crippen molar-refractivity contribution in [3.8, 4) is 0 Å². The first-order valence-corrected chi connectivity index (χ1v) is 9.26. The summed E-state index contributed by atoms with van der Waals surface area (Å²) in [4.78, 5) is 15.3. The van der Waals surface area contributed by atoms with Crippen molar-refractivity contribution in [2.45, 2.75) is 38.2 Å². The summed E-state index contributed by atoms with van der Waals surface area (Å²) in [7, 11) is 0. The molecule has 0 spiro atoms. The SMILES string of the molecule is C[C@H]1C[C@H]1C(=O)NCCc1c[nH]c2cccc(C3(O)CCOCC3)c12. The van der Waals surface area contributed by atoms with Crippen molar-refractivity contribution < 1.29 is 14.6 Å². The molecule has 5 nitrogen and oxygen atoms in total. The molecule has 25 heavy (non-hydrogen) atoms. The number of nitrogens with one attached hydrogen (secondary N) is 2. The van der Waals surface area contributed by atoms with E-state index in [2.05, 4.69) is 17.2 Å². The molecule has 2 aromatic rings. The fourth-order valence-corrected chi connectivity index (χ4v) is 3.96. The average molecular weight is 342 g/mol. The molecule has 134 valence electrons. The normalized spacial score (nSPS) is 25.0. The van der Waals surface area contributed by atoms with Gasteiger partial charge in [0.2, 0.25) is 5.91 Å². The Morgan fingerprint density at radius 1 is 1.40 bits per heavy atom. The molecule has 0 unspecified atom stereocenters. The zero-order valence-corrected chi connectivity index (χ0v) is 14.7. The van der Waals surface area contributed by atoms with Crippen molar-refractivity contribution >= 4 is 16.8 Å². The van der Waals surface area contributed by atoms with Gasteiger partial charge in [0, 0.05) is 55.6 Å². The van der Waals surface area contributed by atoms with E-state index in [4.69, 9.17) is 4.74 Å². The summed E-state index contributed by atoms with van der Waals surface area (Å²) in [5, 5.41) is 15.3. The van der Waals surface area contributed by atoms with E-state index in [1.54, 1.807) is 0 Å². The van der Waals surface area contributed by atoms with Gasteiger partial charge in [-0.3, -0.25) is 4.79 Å². The minimum absolute atomic E-state index is 0.177. The third-order valence-corrected chi connectivity index (χ3v) is 5.75. The number of aromatic amines is 1. The third kappa shape index (κ3) is 3.18. The van der Waals surface area contributed by atoms with E-state index in [1.807, 2.05) is 24.4 Å². The molecule has 2 atom stereocenters. The van der Waals surface area contributed by atoms with Crippen LogP contribution >= 0.6 is 0 Å². The van der Waals surface area contributed by atoms with Crippen molar-refractivity contribution in [2.24, 2.45) is 11.8 Å². The topological polar surface area (TPSA) is 74.4 Å².